The second-order valence-electron chi connectivity index (χ2n) is 5.40. The Hall–Kier alpha value is -2.01. The average molecular weight is 365 g/mol. The van der Waals surface area contributed by atoms with Gasteiger partial charge >= 0.3 is 5.97 Å². The number of halogens is 2. The van der Waals surface area contributed by atoms with E-state index in [4.69, 9.17) is 34.0 Å². The Morgan fingerprint density at radius 2 is 2.04 bits per heavy atom. The molecule has 24 heavy (non-hydrogen) atoms. The summed E-state index contributed by atoms with van der Waals surface area (Å²) in [6.07, 6.45) is 2.50. The van der Waals surface area contributed by atoms with Crippen LogP contribution in [-0.2, 0) is 11.3 Å². The number of benzene rings is 2. The van der Waals surface area contributed by atoms with Gasteiger partial charge in [-0.15, -0.1) is 0 Å². The Labute approximate surface area is 150 Å². The summed E-state index contributed by atoms with van der Waals surface area (Å²) >= 11 is 12.1. The molecule has 126 valence electrons. The van der Waals surface area contributed by atoms with Crippen LogP contribution in [0.3, 0.4) is 0 Å². The number of anilines is 1. The lowest BCUT2D eigenvalue weighted by Crippen LogP contribution is -2.12. The zero-order valence-corrected chi connectivity index (χ0v) is 14.6. The van der Waals surface area contributed by atoms with Crippen LogP contribution >= 0.6 is 23.2 Å². The van der Waals surface area contributed by atoms with Crippen LogP contribution in [0, 0.1) is 6.92 Å². The van der Waals surface area contributed by atoms with E-state index in [0.29, 0.717) is 16.6 Å². The van der Waals surface area contributed by atoms with Gasteiger partial charge in [-0.1, -0.05) is 47.5 Å². The van der Waals surface area contributed by atoms with Crippen molar-refractivity contribution in [2.45, 2.75) is 19.5 Å². The molecule has 2 aromatic rings. The fourth-order valence-electron chi connectivity index (χ4n) is 2.26. The molecule has 0 heterocycles. The number of carboxylic acids is 1. The third-order valence-corrected chi connectivity index (χ3v) is 4.09. The molecule has 0 aliphatic carbocycles. The van der Waals surface area contributed by atoms with Gasteiger partial charge in [0.05, 0.1) is 6.04 Å². The number of aliphatic carboxylic acids is 1. The third kappa shape index (κ3) is 4.99. The molecular formula is C18H18Cl2N2O2. The van der Waals surface area contributed by atoms with Crippen LogP contribution in [0.4, 0.5) is 5.69 Å². The third-order valence-electron chi connectivity index (χ3n) is 3.50. The van der Waals surface area contributed by atoms with Gasteiger partial charge < -0.3 is 16.2 Å². The van der Waals surface area contributed by atoms with Crippen LogP contribution in [0.25, 0.3) is 0 Å². The summed E-state index contributed by atoms with van der Waals surface area (Å²) in [7, 11) is 0. The molecule has 0 amide bonds. The van der Waals surface area contributed by atoms with Crippen LogP contribution in [0.5, 0.6) is 0 Å². The van der Waals surface area contributed by atoms with Crippen molar-refractivity contribution in [2.24, 2.45) is 5.73 Å². The Bertz CT molecular complexity index is 776. The van der Waals surface area contributed by atoms with Gasteiger partial charge in [-0.2, -0.15) is 0 Å². The predicted molar refractivity (Wildman–Crippen MR) is 98.7 cm³/mol. The molecule has 0 radical (unpaired) electrons. The molecule has 2 aromatic carbocycles. The standard InChI is InChI=1S/C18H18Cl2N2O2/c1-11-2-5-14(16(21)6-7-18(23)24)17(8-11)22-10-12-3-4-13(19)9-15(12)20/h2-9,16,22H,10,21H2,1H3,(H,23,24)/b7-6+. The smallest absolute Gasteiger partial charge is 0.328 e. The van der Waals surface area contributed by atoms with Crippen molar-refractivity contribution >= 4 is 34.9 Å². The lowest BCUT2D eigenvalue weighted by Gasteiger charge is -2.17. The number of nitrogens with two attached hydrogens (primary N) is 1. The van der Waals surface area contributed by atoms with Crippen molar-refractivity contribution in [1.29, 1.82) is 0 Å². The van der Waals surface area contributed by atoms with Crippen molar-refractivity contribution in [3.05, 3.63) is 75.3 Å². The second-order valence-corrected chi connectivity index (χ2v) is 6.25. The number of nitrogens with one attached hydrogen (secondary N) is 1. The monoisotopic (exact) mass is 364 g/mol. The van der Waals surface area contributed by atoms with Gasteiger partial charge in [-0.25, -0.2) is 4.79 Å². The van der Waals surface area contributed by atoms with E-state index >= 15 is 0 Å². The van der Waals surface area contributed by atoms with Crippen molar-refractivity contribution in [3.8, 4) is 0 Å². The van der Waals surface area contributed by atoms with Gasteiger partial charge in [-0.3, -0.25) is 0 Å². The van der Waals surface area contributed by atoms with Gasteiger partial charge in [0.1, 0.15) is 0 Å². The first-order valence-electron chi connectivity index (χ1n) is 7.32. The quantitative estimate of drug-likeness (QED) is 0.657. The molecule has 0 bridgehead atoms. The molecule has 0 fully saturated rings. The number of rotatable bonds is 6. The first-order chi connectivity index (χ1) is 11.4. The summed E-state index contributed by atoms with van der Waals surface area (Å²) in [5.74, 6) is -1.03. The molecule has 6 heteroatoms. The molecule has 0 saturated heterocycles. The zero-order valence-electron chi connectivity index (χ0n) is 13.1. The molecule has 2 rings (SSSR count). The number of carbonyl (C=O) groups is 1. The van der Waals surface area contributed by atoms with Crippen LogP contribution < -0.4 is 11.1 Å². The number of aryl methyl sites for hydroxylation is 1. The summed E-state index contributed by atoms with van der Waals surface area (Å²) in [6, 6.07) is 10.6. The molecule has 0 aromatic heterocycles. The van der Waals surface area contributed by atoms with Crippen LogP contribution in [0.2, 0.25) is 10.0 Å². The van der Waals surface area contributed by atoms with Gasteiger partial charge in [0.15, 0.2) is 0 Å². The maximum Gasteiger partial charge on any atom is 0.328 e. The molecular weight excluding hydrogens is 347 g/mol. The van der Waals surface area contributed by atoms with Gasteiger partial charge in [-0.05, 0) is 41.8 Å². The highest BCUT2D eigenvalue weighted by Crippen LogP contribution is 2.26. The van der Waals surface area contributed by atoms with Gasteiger partial charge in [0, 0.05) is 28.4 Å². The summed E-state index contributed by atoms with van der Waals surface area (Å²) in [4.78, 5) is 10.7. The van der Waals surface area contributed by atoms with Gasteiger partial charge in [0.2, 0.25) is 0 Å². The highest BCUT2D eigenvalue weighted by molar-refractivity contribution is 6.35. The highest BCUT2D eigenvalue weighted by Gasteiger charge is 2.10. The Kier molecular flexibility index (Phi) is 6.26. The summed E-state index contributed by atoms with van der Waals surface area (Å²) in [5, 5.41) is 13.2. The van der Waals surface area contributed by atoms with E-state index in [0.717, 1.165) is 28.5 Å². The first kappa shape index (κ1) is 18.3. The Balaban J connectivity index is 2.22. The number of hydrogen-bond donors (Lipinski definition) is 3. The minimum absolute atomic E-state index is 0.502. The van der Waals surface area contributed by atoms with Crippen molar-refractivity contribution in [3.63, 3.8) is 0 Å². The SMILES string of the molecule is Cc1ccc(C(N)/C=C/C(=O)O)c(NCc2ccc(Cl)cc2Cl)c1. The van der Waals surface area contributed by atoms with E-state index in [1.807, 2.05) is 31.2 Å². The number of carboxylic acid groups (broad SMARTS) is 1. The van der Waals surface area contributed by atoms with E-state index < -0.39 is 12.0 Å². The van der Waals surface area contributed by atoms with Crippen molar-refractivity contribution in [2.75, 3.05) is 5.32 Å². The largest absolute Gasteiger partial charge is 0.478 e. The maximum atomic E-state index is 10.7. The summed E-state index contributed by atoms with van der Waals surface area (Å²) < 4.78 is 0. The summed E-state index contributed by atoms with van der Waals surface area (Å²) in [5.41, 5.74) is 9.70. The van der Waals surface area contributed by atoms with Crippen LogP contribution in [0.15, 0.2) is 48.6 Å². The van der Waals surface area contributed by atoms with E-state index in [1.54, 1.807) is 12.1 Å². The van der Waals surface area contributed by atoms with E-state index in [9.17, 15) is 4.79 Å². The van der Waals surface area contributed by atoms with Gasteiger partial charge in [0.25, 0.3) is 0 Å². The minimum Gasteiger partial charge on any atom is -0.478 e. The first-order valence-corrected chi connectivity index (χ1v) is 8.07. The van der Waals surface area contributed by atoms with E-state index in [-0.39, 0.29) is 0 Å². The lowest BCUT2D eigenvalue weighted by molar-refractivity contribution is -0.131. The second kappa shape index (κ2) is 8.20. The fraction of sp³-hybridized carbons (Fsp3) is 0.167. The molecule has 0 aliphatic heterocycles. The molecule has 0 aliphatic rings. The van der Waals surface area contributed by atoms with Crippen molar-refractivity contribution in [1.82, 2.24) is 0 Å². The zero-order chi connectivity index (χ0) is 17.7. The van der Waals surface area contributed by atoms with E-state index in [1.165, 1.54) is 6.08 Å². The molecule has 4 N–H and O–H groups in total. The molecule has 0 saturated carbocycles. The topological polar surface area (TPSA) is 75.4 Å². The Morgan fingerprint density at radius 1 is 1.29 bits per heavy atom. The molecule has 1 atom stereocenters. The van der Waals surface area contributed by atoms with Crippen LogP contribution in [0.1, 0.15) is 22.7 Å². The summed E-state index contributed by atoms with van der Waals surface area (Å²) in [6.45, 7) is 2.48. The maximum absolute atomic E-state index is 10.7. The fourth-order valence-corrected chi connectivity index (χ4v) is 2.73. The lowest BCUT2D eigenvalue weighted by atomic mass is 10.0. The molecule has 1 unspecified atom stereocenters. The average Bonchev–Trinajstić information content (AvgIpc) is 2.52. The highest BCUT2D eigenvalue weighted by atomic mass is 35.5. The minimum atomic E-state index is -1.03. The number of hydrogen-bond acceptors (Lipinski definition) is 3. The van der Waals surface area contributed by atoms with Crippen LogP contribution in [-0.4, -0.2) is 11.1 Å². The van der Waals surface area contributed by atoms with Crippen molar-refractivity contribution < 1.29 is 9.90 Å². The Morgan fingerprint density at radius 3 is 2.71 bits per heavy atom. The van der Waals surface area contributed by atoms with E-state index in [2.05, 4.69) is 5.32 Å². The molecule has 4 nitrogen and oxygen atoms in total. The normalized spacial score (nSPS) is 12.3. The molecule has 0 spiro atoms. The predicted octanol–water partition coefficient (Wildman–Crippen LogP) is 4.55.